The third-order valence-corrected chi connectivity index (χ3v) is 4.14. The molecule has 11 nitrogen and oxygen atoms in total. The van der Waals surface area contributed by atoms with Crippen molar-refractivity contribution < 1.29 is 44.8 Å². The fraction of sp³-hybridized carbons (Fsp3) is 1.00. The third-order valence-electron chi connectivity index (χ3n) is 4.14. The largest absolute Gasteiger partial charge is 0.394 e. The van der Waals surface area contributed by atoms with Crippen molar-refractivity contribution in [3.8, 4) is 0 Å². The Morgan fingerprint density at radius 1 is 0.783 bits per heavy atom. The van der Waals surface area contributed by atoms with Crippen molar-refractivity contribution in [1.29, 1.82) is 0 Å². The lowest BCUT2D eigenvalue weighted by molar-refractivity contribution is -0.324. The van der Waals surface area contributed by atoms with Crippen LogP contribution in [0.25, 0.3) is 0 Å². The normalized spacial score (nSPS) is 51.7. The van der Waals surface area contributed by atoms with E-state index < -0.39 is 74.5 Å². The maximum atomic E-state index is 10.1. The lowest BCUT2D eigenvalue weighted by Gasteiger charge is -2.45. The van der Waals surface area contributed by atoms with Crippen LogP contribution in [-0.4, -0.2) is 105 Å². The Labute approximate surface area is 132 Å². The number of hydrogen-bond donors (Lipinski definition) is 8. The summed E-state index contributed by atoms with van der Waals surface area (Å²) in [5, 5.41) is 57.7. The summed E-state index contributed by atoms with van der Waals surface area (Å²) in [6.45, 7) is -1.17. The van der Waals surface area contributed by atoms with Gasteiger partial charge >= 0.3 is 0 Å². The Hall–Kier alpha value is -0.440. The number of aliphatic hydroxyl groups excluding tert-OH is 6. The SMILES string of the molecule is NC1C(O)OC(CO)[C@@H](O[C@@H]2OC(CO)[C@@H](O)C(O)C2N)C1O. The number of nitrogens with two attached hydrogens (primary N) is 2. The summed E-state index contributed by atoms with van der Waals surface area (Å²) < 4.78 is 15.8. The van der Waals surface area contributed by atoms with E-state index >= 15 is 0 Å². The fourth-order valence-corrected chi connectivity index (χ4v) is 2.65. The smallest absolute Gasteiger partial charge is 0.176 e. The highest BCUT2D eigenvalue weighted by molar-refractivity contribution is 4.95. The van der Waals surface area contributed by atoms with E-state index in [0.717, 1.165) is 0 Å². The summed E-state index contributed by atoms with van der Waals surface area (Å²) in [7, 11) is 0. The highest BCUT2D eigenvalue weighted by Gasteiger charge is 2.49. The molecular formula is C12H24N2O9. The Bertz CT molecular complexity index is 386. The van der Waals surface area contributed by atoms with Crippen molar-refractivity contribution in [3.63, 3.8) is 0 Å². The first-order valence-electron chi connectivity index (χ1n) is 7.23. The van der Waals surface area contributed by atoms with Crippen LogP contribution in [0.2, 0.25) is 0 Å². The molecule has 7 unspecified atom stereocenters. The molecular weight excluding hydrogens is 316 g/mol. The Kier molecular flexibility index (Phi) is 6.27. The maximum absolute atomic E-state index is 10.1. The second-order valence-corrected chi connectivity index (χ2v) is 5.70. The van der Waals surface area contributed by atoms with Gasteiger partial charge in [-0.2, -0.15) is 0 Å². The van der Waals surface area contributed by atoms with E-state index in [1.807, 2.05) is 0 Å². The molecule has 2 heterocycles. The molecule has 0 aromatic rings. The average molecular weight is 340 g/mol. The van der Waals surface area contributed by atoms with Crippen molar-refractivity contribution >= 4 is 0 Å². The van der Waals surface area contributed by atoms with E-state index in [-0.39, 0.29) is 0 Å². The lowest BCUT2D eigenvalue weighted by atomic mass is 9.95. The van der Waals surface area contributed by atoms with Gasteiger partial charge in [-0.25, -0.2) is 0 Å². The van der Waals surface area contributed by atoms with Gasteiger partial charge in [0.25, 0.3) is 0 Å². The average Bonchev–Trinajstić information content (AvgIpc) is 2.55. The van der Waals surface area contributed by atoms with Gasteiger partial charge in [0, 0.05) is 0 Å². The predicted octanol–water partition coefficient (Wildman–Crippen LogP) is -5.46. The molecule has 0 amide bonds. The van der Waals surface area contributed by atoms with Gasteiger partial charge in [-0.15, -0.1) is 0 Å². The van der Waals surface area contributed by atoms with E-state index in [9.17, 15) is 25.5 Å². The van der Waals surface area contributed by atoms with E-state index in [4.69, 9.17) is 30.8 Å². The van der Waals surface area contributed by atoms with Crippen LogP contribution in [0.1, 0.15) is 0 Å². The Morgan fingerprint density at radius 3 is 1.96 bits per heavy atom. The van der Waals surface area contributed by atoms with Crippen LogP contribution in [0.3, 0.4) is 0 Å². The first-order valence-corrected chi connectivity index (χ1v) is 7.23. The second kappa shape index (κ2) is 7.63. The topological polar surface area (TPSA) is 201 Å². The zero-order valence-electron chi connectivity index (χ0n) is 12.3. The van der Waals surface area contributed by atoms with Crippen LogP contribution < -0.4 is 11.5 Å². The molecule has 2 aliphatic heterocycles. The highest BCUT2D eigenvalue weighted by Crippen LogP contribution is 2.27. The summed E-state index contributed by atoms with van der Waals surface area (Å²) >= 11 is 0. The van der Waals surface area contributed by atoms with Crippen LogP contribution in [0.4, 0.5) is 0 Å². The molecule has 0 spiro atoms. The van der Waals surface area contributed by atoms with E-state index in [2.05, 4.69) is 0 Å². The zero-order valence-corrected chi connectivity index (χ0v) is 12.3. The monoisotopic (exact) mass is 340 g/mol. The minimum atomic E-state index is -1.49. The Morgan fingerprint density at radius 2 is 1.39 bits per heavy atom. The van der Waals surface area contributed by atoms with Crippen LogP contribution >= 0.6 is 0 Å². The summed E-state index contributed by atoms with van der Waals surface area (Å²) in [5.74, 6) is 0. The molecule has 0 aromatic carbocycles. The molecule has 10 N–H and O–H groups in total. The molecule has 2 rings (SSSR count). The molecule has 0 aromatic heterocycles. The summed E-state index contributed by atoms with van der Waals surface area (Å²) in [5.41, 5.74) is 11.3. The first-order chi connectivity index (χ1) is 10.8. The van der Waals surface area contributed by atoms with Gasteiger partial charge in [0.1, 0.15) is 36.6 Å². The van der Waals surface area contributed by atoms with Crippen molar-refractivity contribution in [2.75, 3.05) is 13.2 Å². The Balaban J connectivity index is 2.11. The molecule has 0 radical (unpaired) electrons. The van der Waals surface area contributed by atoms with Gasteiger partial charge in [0.05, 0.1) is 25.3 Å². The number of hydrogen-bond acceptors (Lipinski definition) is 11. The third kappa shape index (κ3) is 3.65. The predicted molar refractivity (Wildman–Crippen MR) is 72.6 cm³/mol. The van der Waals surface area contributed by atoms with Gasteiger partial charge in [-0.05, 0) is 0 Å². The molecule has 2 aliphatic rings. The molecule has 0 bridgehead atoms. The van der Waals surface area contributed by atoms with Crippen molar-refractivity contribution in [3.05, 3.63) is 0 Å². The number of rotatable bonds is 4. The van der Waals surface area contributed by atoms with Gasteiger partial charge < -0.3 is 56.3 Å². The summed E-state index contributed by atoms with van der Waals surface area (Å²) in [4.78, 5) is 0. The van der Waals surface area contributed by atoms with Crippen molar-refractivity contribution in [2.24, 2.45) is 11.5 Å². The van der Waals surface area contributed by atoms with Gasteiger partial charge in [0.2, 0.25) is 0 Å². The second-order valence-electron chi connectivity index (χ2n) is 5.70. The first kappa shape index (κ1) is 18.9. The number of ether oxygens (including phenoxy) is 3. The molecule has 2 saturated heterocycles. The molecule has 0 aliphatic carbocycles. The number of aliphatic hydroxyl groups is 6. The quantitative estimate of drug-likeness (QED) is 0.242. The van der Waals surface area contributed by atoms with Gasteiger partial charge in [-0.1, -0.05) is 0 Å². The summed E-state index contributed by atoms with van der Waals surface area (Å²) in [6.07, 6.45) is -10.5. The molecule has 2 fully saturated rings. The van der Waals surface area contributed by atoms with Crippen LogP contribution in [-0.2, 0) is 14.2 Å². The zero-order chi connectivity index (χ0) is 17.3. The van der Waals surface area contributed by atoms with Crippen molar-refractivity contribution in [2.45, 2.75) is 61.3 Å². The van der Waals surface area contributed by atoms with E-state index in [1.54, 1.807) is 0 Å². The van der Waals surface area contributed by atoms with E-state index in [0.29, 0.717) is 0 Å². The van der Waals surface area contributed by atoms with E-state index in [1.165, 1.54) is 0 Å². The van der Waals surface area contributed by atoms with Crippen molar-refractivity contribution in [1.82, 2.24) is 0 Å². The van der Waals surface area contributed by atoms with Crippen LogP contribution in [0.15, 0.2) is 0 Å². The molecule has 10 atom stereocenters. The molecule has 23 heavy (non-hydrogen) atoms. The summed E-state index contributed by atoms with van der Waals surface area (Å²) in [6, 6.07) is -2.37. The molecule has 136 valence electrons. The lowest BCUT2D eigenvalue weighted by Crippen LogP contribution is -2.67. The fourth-order valence-electron chi connectivity index (χ4n) is 2.65. The van der Waals surface area contributed by atoms with Gasteiger partial charge in [-0.3, -0.25) is 0 Å². The minimum absolute atomic E-state index is 0.581. The molecule has 0 saturated carbocycles. The van der Waals surface area contributed by atoms with Crippen LogP contribution in [0.5, 0.6) is 0 Å². The highest BCUT2D eigenvalue weighted by atomic mass is 16.7. The van der Waals surface area contributed by atoms with Crippen LogP contribution in [0, 0.1) is 0 Å². The minimum Gasteiger partial charge on any atom is -0.394 e. The standard InChI is InChI=1S/C12H24N2O9/c13-5-9(19)10(4(2-16)21-11(5)20)23-12-6(14)8(18)7(17)3(1-15)22-12/h3-12,15-20H,1-2,13-14H2/t3?,4?,5?,6?,7-,8?,9?,10-,11?,12+/m1/s1. The maximum Gasteiger partial charge on any atom is 0.176 e. The van der Waals surface area contributed by atoms with Gasteiger partial charge in [0.15, 0.2) is 12.6 Å². The molecule has 11 heteroatoms.